The van der Waals surface area contributed by atoms with Gasteiger partial charge in [0.1, 0.15) is 11.3 Å². The Morgan fingerprint density at radius 2 is 1.96 bits per heavy atom. The smallest absolute Gasteiger partial charge is 0.336 e. The topological polar surface area (TPSA) is 88.6 Å². The number of aryl methyl sites for hydroxylation is 1. The molecule has 1 N–H and O–H groups in total. The number of nitrogens with zero attached hydrogens (tertiary/aromatic N) is 2. The number of hydrogen-bond donors (Lipinski definition) is 1. The highest BCUT2D eigenvalue weighted by atomic mass is 16.5. The van der Waals surface area contributed by atoms with Gasteiger partial charge in [-0.05, 0) is 59.9 Å². The predicted octanol–water partition coefficient (Wildman–Crippen LogP) is 3.19. The van der Waals surface area contributed by atoms with Crippen LogP contribution in [-0.4, -0.2) is 29.9 Å². The normalized spacial score (nSPS) is 16.0. The quantitative estimate of drug-likeness (QED) is 0.651. The fraction of sp³-hybridized carbons (Fsp3) is 0.238. The molecule has 1 aliphatic rings. The van der Waals surface area contributed by atoms with Crippen molar-refractivity contribution >= 4 is 29.6 Å². The van der Waals surface area contributed by atoms with Crippen LogP contribution in [0.1, 0.15) is 36.5 Å². The van der Waals surface area contributed by atoms with E-state index in [9.17, 15) is 14.4 Å². The van der Waals surface area contributed by atoms with Gasteiger partial charge in [0.05, 0.1) is 19.0 Å². The van der Waals surface area contributed by atoms with E-state index in [2.05, 4.69) is 10.3 Å². The molecule has 0 atom stereocenters. The standard InChI is InChI=1S/C21H21N3O4/c1-12(2)16-9-14(13(3)8-18(16)28-4)10-17-19(25)23-21(27)24(20(17)26)15-6-5-7-22-11-15/h5-12H,1-4H3,(H,23,25,27)/b17-10+. The van der Waals surface area contributed by atoms with Crippen LogP contribution >= 0.6 is 0 Å². The number of benzene rings is 1. The first-order valence-corrected chi connectivity index (χ1v) is 8.83. The number of pyridine rings is 1. The highest BCUT2D eigenvalue weighted by Crippen LogP contribution is 2.31. The molecule has 7 nitrogen and oxygen atoms in total. The summed E-state index contributed by atoms with van der Waals surface area (Å²) in [5, 5.41) is 2.21. The lowest BCUT2D eigenvalue weighted by atomic mass is 9.95. The fourth-order valence-corrected chi connectivity index (χ4v) is 3.03. The maximum absolute atomic E-state index is 12.9. The number of urea groups is 1. The molecule has 2 aromatic rings. The van der Waals surface area contributed by atoms with E-state index in [0.29, 0.717) is 5.56 Å². The van der Waals surface area contributed by atoms with Crippen LogP contribution in [-0.2, 0) is 9.59 Å². The number of anilines is 1. The molecule has 1 aliphatic heterocycles. The Hall–Kier alpha value is -3.48. The van der Waals surface area contributed by atoms with Gasteiger partial charge in [-0.2, -0.15) is 0 Å². The van der Waals surface area contributed by atoms with Gasteiger partial charge in [0.15, 0.2) is 0 Å². The van der Waals surface area contributed by atoms with Gasteiger partial charge < -0.3 is 4.74 Å². The van der Waals surface area contributed by atoms with Gasteiger partial charge in [0, 0.05) is 6.20 Å². The lowest BCUT2D eigenvalue weighted by molar-refractivity contribution is -0.122. The molecule has 144 valence electrons. The number of carbonyl (C=O) groups is 3. The fourth-order valence-electron chi connectivity index (χ4n) is 3.03. The molecule has 1 aromatic heterocycles. The summed E-state index contributed by atoms with van der Waals surface area (Å²) in [6, 6.07) is 6.16. The number of rotatable bonds is 4. The number of barbiturate groups is 1. The van der Waals surface area contributed by atoms with Crippen LogP contribution in [0, 0.1) is 6.92 Å². The minimum Gasteiger partial charge on any atom is -0.496 e. The van der Waals surface area contributed by atoms with Crippen LogP contribution in [0.4, 0.5) is 10.5 Å². The van der Waals surface area contributed by atoms with Crippen molar-refractivity contribution in [2.75, 3.05) is 12.0 Å². The second-order valence-electron chi connectivity index (χ2n) is 6.77. The molecule has 7 heteroatoms. The number of carbonyl (C=O) groups excluding carboxylic acids is 3. The van der Waals surface area contributed by atoms with Crippen molar-refractivity contribution in [1.29, 1.82) is 0 Å². The van der Waals surface area contributed by atoms with E-state index in [1.54, 1.807) is 19.2 Å². The Balaban J connectivity index is 2.08. The molecule has 2 heterocycles. The lowest BCUT2D eigenvalue weighted by Gasteiger charge is -2.26. The van der Waals surface area contributed by atoms with E-state index in [1.807, 2.05) is 32.9 Å². The summed E-state index contributed by atoms with van der Waals surface area (Å²) in [5.41, 5.74) is 2.69. The summed E-state index contributed by atoms with van der Waals surface area (Å²) in [7, 11) is 1.61. The highest BCUT2D eigenvalue weighted by molar-refractivity contribution is 6.39. The molecule has 1 aromatic carbocycles. The SMILES string of the molecule is COc1cc(C)c(/C=C2\C(=O)NC(=O)N(c3cccnc3)C2=O)cc1C(C)C. The molecular weight excluding hydrogens is 358 g/mol. The van der Waals surface area contributed by atoms with Crippen LogP contribution < -0.4 is 15.0 Å². The van der Waals surface area contributed by atoms with E-state index in [-0.39, 0.29) is 17.2 Å². The zero-order valence-corrected chi connectivity index (χ0v) is 16.1. The minimum atomic E-state index is -0.797. The van der Waals surface area contributed by atoms with Crippen molar-refractivity contribution in [3.05, 3.63) is 58.9 Å². The molecule has 4 amide bonds. The van der Waals surface area contributed by atoms with Crippen LogP contribution in [0.15, 0.2) is 42.2 Å². The van der Waals surface area contributed by atoms with Crippen LogP contribution in [0.5, 0.6) is 5.75 Å². The largest absolute Gasteiger partial charge is 0.496 e. The van der Waals surface area contributed by atoms with E-state index in [4.69, 9.17) is 4.74 Å². The summed E-state index contributed by atoms with van der Waals surface area (Å²) in [5.74, 6) is -0.474. The molecule has 0 saturated carbocycles. The van der Waals surface area contributed by atoms with E-state index in [1.165, 1.54) is 18.5 Å². The van der Waals surface area contributed by atoms with Crippen molar-refractivity contribution in [1.82, 2.24) is 10.3 Å². The molecule has 0 spiro atoms. The van der Waals surface area contributed by atoms with Crippen LogP contribution in [0.25, 0.3) is 6.08 Å². The Bertz CT molecular complexity index is 981. The summed E-state index contributed by atoms with van der Waals surface area (Å²) >= 11 is 0. The number of hydrogen-bond acceptors (Lipinski definition) is 5. The summed E-state index contributed by atoms with van der Waals surface area (Å²) in [6.45, 7) is 5.94. The first-order chi connectivity index (χ1) is 13.3. The van der Waals surface area contributed by atoms with E-state index < -0.39 is 17.8 Å². The first-order valence-electron chi connectivity index (χ1n) is 8.83. The second kappa shape index (κ2) is 7.64. The first kappa shape index (κ1) is 19.3. The van der Waals surface area contributed by atoms with Crippen molar-refractivity contribution in [2.24, 2.45) is 0 Å². The number of ether oxygens (including phenoxy) is 1. The molecule has 0 unspecified atom stereocenters. The van der Waals surface area contributed by atoms with Crippen molar-refractivity contribution in [2.45, 2.75) is 26.7 Å². The zero-order chi connectivity index (χ0) is 20.4. The Kier molecular flexibility index (Phi) is 5.26. The third kappa shape index (κ3) is 3.51. The summed E-state index contributed by atoms with van der Waals surface area (Å²) in [4.78, 5) is 42.3. The number of amides is 4. The Labute approximate surface area is 163 Å². The van der Waals surface area contributed by atoms with E-state index in [0.717, 1.165) is 21.8 Å². The van der Waals surface area contributed by atoms with E-state index >= 15 is 0 Å². The minimum absolute atomic E-state index is 0.119. The highest BCUT2D eigenvalue weighted by Gasteiger charge is 2.37. The van der Waals surface area contributed by atoms with Gasteiger partial charge in [0.25, 0.3) is 11.8 Å². The predicted molar refractivity (Wildman–Crippen MR) is 105 cm³/mol. The molecule has 0 aliphatic carbocycles. The van der Waals surface area contributed by atoms with Gasteiger partial charge in [0.2, 0.25) is 0 Å². The van der Waals surface area contributed by atoms with Crippen molar-refractivity contribution < 1.29 is 19.1 Å². The van der Waals surface area contributed by atoms with Crippen LogP contribution in [0.3, 0.4) is 0 Å². The monoisotopic (exact) mass is 379 g/mol. The number of methoxy groups -OCH3 is 1. The number of nitrogens with one attached hydrogen (secondary N) is 1. The lowest BCUT2D eigenvalue weighted by Crippen LogP contribution is -2.54. The summed E-state index contributed by atoms with van der Waals surface area (Å²) in [6.07, 6.45) is 4.43. The zero-order valence-electron chi connectivity index (χ0n) is 16.1. The average molecular weight is 379 g/mol. The third-order valence-electron chi connectivity index (χ3n) is 4.55. The molecule has 0 radical (unpaired) electrons. The molecule has 28 heavy (non-hydrogen) atoms. The Morgan fingerprint density at radius 1 is 1.21 bits per heavy atom. The van der Waals surface area contributed by atoms with Gasteiger partial charge in [-0.1, -0.05) is 13.8 Å². The molecular formula is C21H21N3O4. The van der Waals surface area contributed by atoms with Crippen molar-refractivity contribution in [3.63, 3.8) is 0 Å². The van der Waals surface area contributed by atoms with Gasteiger partial charge >= 0.3 is 6.03 Å². The van der Waals surface area contributed by atoms with Gasteiger partial charge in [-0.3, -0.25) is 19.9 Å². The molecule has 3 rings (SSSR count). The van der Waals surface area contributed by atoms with Crippen molar-refractivity contribution in [3.8, 4) is 5.75 Å². The number of aromatic nitrogens is 1. The summed E-state index contributed by atoms with van der Waals surface area (Å²) < 4.78 is 5.44. The third-order valence-corrected chi connectivity index (χ3v) is 4.55. The molecule has 1 saturated heterocycles. The maximum Gasteiger partial charge on any atom is 0.336 e. The Morgan fingerprint density at radius 3 is 2.57 bits per heavy atom. The van der Waals surface area contributed by atoms with Gasteiger partial charge in [-0.15, -0.1) is 0 Å². The number of imide groups is 2. The molecule has 1 fully saturated rings. The second-order valence-corrected chi connectivity index (χ2v) is 6.77. The average Bonchev–Trinajstić information content (AvgIpc) is 2.66. The van der Waals surface area contributed by atoms with Gasteiger partial charge in [-0.25, -0.2) is 9.69 Å². The maximum atomic E-state index is 12.9. The van der Waals surface area contributed by atoms with Crippen LogP contribution in [0.2, 0.25) is 0 Å². The molecule has 0 bridgehead atoms.